The highest BCUT2D eigenvalue weighted by molar-refractivity contribution is 7.10. The van der Waals surface area contributed by atoms with Crippen molar-refractivity contribution in [3.63, 3.8) is 0 Å². The summed E-state index contributed by atoms with van der Waals surface area (Å²) in [4.78, 5) is 17.3. The van der Waals surface area contributed by atoms with Gasteiger partial charge in [0, 0.05) is 17.1 Å². The first-order valence-corrected chi connectivity index (χ1v) is 8.33. The van der Waals surface area contributed by atoms with Crippen LogP contribution in [0.5, 0.6) is 5.88 Å². The minimum atomic E-state index is -4.42. The van der Waals surface area contributed by atoms with Crippen LogP contribution in [0, 0.1) is 0 Å². The van der Waals surface area contributed by atoms with E-state index in [1.54, 1.807) is 11.3 Å². The number of pyridine rings is 1. The molecule has 0 saturated heterocycles. The lowest BCUT2D eigenvalue weighted by atomic mass is 9.94. The minimum absolute atomic E-state index is 0.0337. The molecular weight excluding hydrogens is 341 g/mol. The van der Waals surface area contributed by atoms with Crippen LogP contribution in [-0.2, 0) is 6.42 Å². The van der Waals surface area contributed by atoms with Crippen LogP contribution in [0.2, 0.25) is 0 Å². The number of nitrogens with zero attached hydrogens (tertiary/aromatic N) is 1. The molecule has 0 saturated carbocycles. The third-order valence-electron chi connectivity index (χ3n) is 3.74. The standard InChI is InChI=1S/C16H15F3N2O2S/c17-16(18,19)9-23-14-5-4-10(8-20-14)15(22)21-12-2-1-3-13-11(12)6-7-24-13/h4-8,12H,1-3,9H2,(H,21,22)/t12-/m0/s1. The molecule has 1 aliphatic carbocycles. The molecule has 0 radical (unpaired) electrons. The van der Waals surface area contributed by atoms with E-state index in [1.807, 2.05) is 11.4 Å². The van der Waals surface area contributed by atoms with Crippen molar-refractivity contribution >= 4 is 17.2 Å². The number of rotatable bonds is 4. The third-order valence-corrected chi connectivity index (χ3v) is 4.74. The smallest absolute Gasteiger partial charge is 0.422 e. The van der Waals surface area contributed by atoms with Gasteiger partial charge in [-0.1, -0.05) is 0 Å². The van der Waals surface area contributed by atoms with Crippen LogP contribution in [-0.4, -0.2) is 23.7 Å². The Balaban J connectivity index is 1.62. The number of fused-ring (bicyclic) bond motifs is 1. The van der Waals surface area contributed by atoms with Gasteiger partial charge in [0.15, 0.2) is 6.61 Å². The topological polar surface area (TPSA) is 51.2 Å². The molecule has 1 aliphatic rings. The van der Waals surface area contributed by atoms with Crippen LogP contribution < -0.4 is 10.1 Å². The Hall–Kier alpha value is -2.09. The van der Waals surface area contributed by atoms with E-state index < -0.39 is 12.8 Å². The van der Waals surface area contributed by atoms with E-state index in [9.17, 15) is 18.0 Å². The van der Waals surface area contributed by atoms with Gasteiger partial charge in [-0.25, -0.2) is 4.98 Å². The highest BCUT2D eigenvalue weighted by atomic mass is 32.1. The average molecular weight is 356 g/mol. The van der Waals surface area contributed by atoms with Gasteiger partial charge >= 0.3 is 6.18 Å². The van der Waals surface area contributed by atoms with E-state index in [0.717, 1.165) is 24.8 Å². The number of halogens is 3. The second-order valence-corrected chi connectivity index (χ2v) is 6.51. The molecule has 0 spiro atoms. The predicted octanol–water partition coefficient (Wildman–Crippen LogP) is 3.89. The number of thiophene rings is 1. The lowest BCUT2D eigenvalue weighted by Crippen LogP contribution is -2.30. The van der Waals surface area contributed by atoms with Gasteiger partial charge in [0.25, 0.3) is 5.91 Å². The number of hydrogen-bond donors (Lipinski definition) is 1. The number of hydrogen-bond acceptors (Lipinski definition) is 4. The highest BCUT2D eigenvalue weighted by Crippen LogP contribution is 2.33. The summed E-state index contributed by atoms with van der Waals surface area (Å²) in [7, 11) is 0. The molecule has 24 heavy (non-hydrogen) atoms. The lowest BCUT2D eigenvalue weighted by molar-refractivity contribution is -0.154. The molecular formula is C16H15F3N2O2S. The van der Waals surface area contributed by atoms with Gasteiger partial charge in [0.2, 0.25) is 5.88 Å². The van der Waals surface area contributed by atoms with Gasteiger partial charge in [-0.3, -0.25) is 4.79 Å². The van der Waals surface area contributed by atoms with E-state index in [4.69, 9.17) is 0 Å². The number of nitrogens with one attached hydrogen (secondary N) is 1. The maximum absolute atomic E-state index is 12.3. The number of carbonyl (C=O) groups excluding carboxylic acids is 1. The van der Waals surface area contributed by atoms with Gasteiger partial charge in [-0.2, -0.15) is 13.2 Å². The van der Waals surface area contributed by atoms with Crippen molar-refractivity contribution in [1.29, 1.82) is 0 Å². The quantitative estimate of drug-likeness (QED) is 0.904. The molecule has 3 rings (SSSR count). The Labute approximate surface area is 140 Å². The number of aromatic nitrogens is 1. The zero-order chi connectivity index (χ0) is 17.2. The van der Waals surface area contributed by atoms with Gasteiger partial charge in [0.1, 0.15) is 0 Å². The maximum Gasteiger partial charge on any atom is 0.422 e. The van der Waals surface area contributed by atoms with Crippen molar-refractivity contribution in [3.05, 3.63) is 45.8 Å². The second-order valence-electron chi connectivity index (χ2n) is 5.51. The molecule has 0 aliphatic heterocycles. The molecule has 1 atom stereocenters. The zero-order valence-electron chi connectivity index (χ0n) is 12.6. The Morgan fingerprint density at radius 2 is 2.21 bits per heavy atom. The molecule has 0 fully saturated rings. The summed E-state index contributed by atoms with van der Waals surface area (Å²) in [6.07, 6.45) is -0.280. The van der Waals surface area contributed by atoms with Crippen molar-refractivity contribution in [2.75, 3.05) is 6.61 Å². The lowest BCUT2D eigenvalue weighted by Gasteiger charge is -2.23. The summed E-state index contributed by atoms with van der Waals surface area (Å²) in [5, 5.41) is 4.98. The molecule has 1 amide bonds. The molecule has 2 heterocycles. The van der Waals surface area contributed by atoms with Crippen LogP contribution in [0.25, 0.3) is 0 Å². The van der Waals surface area contributed by atoms with Gasteiger partial charge in [-0.05, 0) is 42.3 Å². The largest absolute Gasteiger partial charge is 0.468 e. The van der Waals surface area contributed by atoms with Crippen LogP contribution in [0.4, 0.5) is 13.2 Å². The number of carbonyl (C=O) groups is 1. The molecule has 8 heteroatoms. The Morgan fingerprint density at radius 3 is 2.92 bits per heavy atom. The first-order valence-electron chi connectivity index (χ1n) is 7.45. The molecule has 0 unspecified atom stereocenters. The minimum Gasteiger partial charge on any atom is -0.468 e. The number of ether oxygens (including phenoxy) is 1. The molecule has 0 aromatic carbocycles. The van der Waals surface area contributed by atoms with Crippen molar-refractivity contribution in [2.24, 2.45) is 0 Å². The summed E-state index contributed by atoms with van der Waals surface area (Å²) in [6, 6.07) is 4.66. The first-order chi connectivity index (χ1) is 11.4. The fourth-order valence-electron chi connectivity index (χ4n) is 2.63. The van der Waals surface area contributed by atoms with E-state index in [0.29, 0.717) is 0 Å². The van der Waals surface area contributed by atoms with Crippen LogP contribution >= 0.6 is 11.3 Å². The average Bonchev–Trinajstić information content (AvgIpc) is 3.02. The Kier molecular flexibility index (Phi) is 4.75. The summed E-state index contributed by atoms with van der Waals surface area (Å²) in [5.74, 6) is -0.462. The van der Waals surface area contributed by atoms with Gasteiger partial charge < -0.3 is 10.1 Å². The fourth-order valence-corrected chi connectivity index (χ4v) is 3.62. The monoisotopic (exact) mass is 356 g/mol. The van der Waals surface area contributed by atoms with Crippen molar-refractivity contribution in [3.8, 4) is 5.88 Å². The SMILES string of the molecule is O=C(N[C@H]1CCCc2sccc21)c1ccc(OCC(F)(F)F)nc1. The fraction of sp³-hybridized carbons (Fsp3) is 0.375. The molecule has 2 aromatic rings. The summed E-state index contributed by atoms with van der Waals surface area (Å²) in [5.41, 5.74) is 1.44. The Bertz CT molecular complexity index is 713. The third kappa shape index (κ3) is 4.05. The molecule has 2 aromatic heterocycles. The number of alkyl halides is 3. The van der Waals surface area contributed by atoms with E-state index in [-0.39, 0.29) is 23.4 Å². The number of amides is 1. The number of aryl methyl sites for hydroxylation is 1. The zero-order valence-corrected chi connectivity index (χ0v) is 13.4. The van der Waals surface area contributed by atoms with Gasteiger partial charge in [-0.15, -0.1) is 11.3 Å². The van der Waals surface area contributed by atoms with Crippen LogP contribution in [0.15, 0.2) is 29.8 Å². The summed E-state index contributed by atoms with van der Waals surface area (Å²) >= 11 is 1.69. The van der Waals surface area contributed by atoms with E-state index >= 15 is 0 Å². The van der Waals surface area contributed by atoms with Crippen molar-refractivity contribution in [1.82, 2.24) is 10.3 Å². The molecule has 128 valence electrons. The van der Waals surface area contributed by atoms with Crippen molar-refractivity contribution in [2.45, 2.75) is 31.5 Å². The second kappa shape index (κ2) is 6.80. The van der Waals surface area contributed by atoms with E-state index in [1.165, 1.54) is 23.2 Å². The highest BCUT2D eigenvalue weighted by Gasteiger charge is 2.28. The van der Waals surface area contributed by atoms with Crippen LogP contribution in [0.3, 0.4) is 0 Å². The maximum atomic E-state index is 12.3. The Morgan fingerprint density at radius 1 is 1.38 bits per heavy atom. The predicted molar refractivity (Wildman–Crippen MR) is 83.3 cm³/mol. The normalized spacial score (nSPS) is 17.2. The van der Waals surface area contributed by atoms with E-state index in [2.05, 4.69) is 15.0 Å². The molecule has 0 bridgehead atoms. The summed E-state index contributed by atoms with van der Waals surface area (Å²) < 4.78 is 40.8. The first kappa shape index (κ1) is 16.8. The molecule has 4 nitrogen and oxygen atoms in total. The van der Waals surface area contributed by atoms with Crippen molar-refractivity contribution < 1.29 is 22.7 Å². The van der Waals surface area contributed by atoms with Gasteiger partial charge in [0.05, 0.1) is 11.6 Å². The van der Waals surface area contributed by atoms with Crippen LogP contribution in [0.1, 0.15) is 39.7 Å². The molecule has 1 N–H and O–H groups in total. The summed E-state index contributed by atoms with van der Waals surface area (Å²) in [6.45, 7) is -1.41.